The van der Waals surface area contributed by atoms with Crippen molar-refractivity contribution in [3.05, 3.63) is 96.6 Å². The second-order valence-corrected chi connectivity index (χ2v) is 11.7. The molecule has 1 atom stereocenters. The van der Waals surface area contributed by atoms with Gasteiger partial charge in [0.05, 0.1) is 9.79 Å². The minimum Gasteiger partial charge on any atom is -0.351 e. The Morgan fingerprint density at radius 1 is 0.735 bits per heavy atom. The molecule has 1 saturated heterocycles. The number of piperazine rings is 1. The molecule has 1 heterocycles. The van der Waals surface area contributed by atoms with Crippen LogP contribution in [-0.2, 0) is 31.4 Å². The van der Waals surface area contributed by atoms with Gasteiger partial charge in [-0.2, -0.15) is 8.61 Å². The molecular formula is C24H25N3O5S2. The highest BCUT2D eigenvalue weighted by Gasteiger charge is 2.43. The molecule has 0 radical (unpaired) electrons. The van der Waals surface area contributed by atoms with Crippen LogP contribution in [0.3, 0.4) is 0 Å². The van der Waals surface area contributed by atoms with Crippen molar-refractivity contribution in [2.45, 2.75) is 22.4 Å². The number of amides is 1. The van der Waals surface area contributed by atoms with Gasteiger partial charge in [0.25, 0.3) is 0 Å². The summed E-state index contributed by atoms with van der Waals surface area (Å²) in [5.41, 5.74) is 0.845. The second-order valence-electron chi connectivity index (χ2n) is 7.82. The first kappa shape index (κ1) is 24.1. The first-order chi connectivity index (χ1) is 16.3. The molecule has 1 fully saturated rings. The summed E-state index contributed by atoms with van der Waals surface area (Å²) in [7, 11) is -7.92. The molecule has 178 valence electrons. The Morgan fingerprint density at radius 2 is 1.24 bits per heavy atom. The van der Waals surface area contributed by atoms with E-state index in [-0.39, 0.29) is 36.0 Å². The third-order valence-corrected chi connectivity index (χ3v) is 9.44. The Bertz CT molecular complexity index is 1330. The van der Waals surface area contributed by atoms with Crippen molar-refractivity contribution >= 4 is 26.0 Å². The standard InChI is InChI=1S/C24H25N3O5S2/c28-24(25-18-20-10-4-1-5-11-20)23-19-26(33(29,30)21-12-6-2-7-13-21)16-17-27(23)34(31,32)22-14-8-3-9-15-22/h1-15,23H,16-19H2,(H,25,28)/t23-/m0/s1. The predicted molar refractivity (Wildman–Crippen MR) is 128 cm³/mol. The monoisotopic (exact) mass is 499 g/mol. The smallest absolute Gasteiger partial charge is 0.243 e. The lowest BCUT2D eigenvalue weighted by Gasteiger charge is -2.38. The lowest BCUT2D eigenvalue weighted by molar-refractivity contribution is -0.126. The second kappa shape index (κ2) is 10.1. The Balaban J connectivity index is 1.63. The van der Waals surface area contributed by atoms with Crippen LogP contribution in [-0.4, -0.2) is 57.0 Å². The predicted octanol–water partition coefficient (Wildman–Crippen LogP) is 2.07. The van der Waals surface area contributed by atoms with Crippen molar-refractivity contribution in [3.63, 3.8) is 0 Å². The summed E-state index contributed by atoms with van der Waals surface area (Å²) < 4.78 is 55.4. The van der Waals surface area contributed by atoms with Crippen molar-refractivity contribution in [1.29, 1.82) is 0 Å². The third kappa shape index (κ3) is 5.05. The lowest BCUT2D eigenvalue weighted by Crippen LogP contribution is -2.61. The van der Waals surface area contributed by atoms with Gasteiger partial charge in [0.15, 0.2) is 0 Å². The summed E-state index contributed by atoms with van der Waals surface area (Å²) in [6, 6.07) is 23.7. The largest absolute Gasteiger partial charge is 0.351 e. The molecule has 0 bridgehead atoms. The molecule has 3 aromatic carbocycles. The lowest BCUT2D eigenvalue weighted by atomic mass is 10.2. The van der Waals surface area contributed by atoms with Crippen LogP contribution in [0.5, 0.6) is 0 Å². The molecule has 3 aromatic rings. The summed E-state index contributed by atoms with van der Waals surface area (Å²) >= 11 is 0. The van der Waals surface area contributed by atoms with Gasteiger partial charge in [0, 0.05) is 26.2 Å². The number of sulfonamides is 2. The normalized spacial score (nSPS) is 17.8. The van der Waals surface area contributed by atoms with Gasteiger partial charge in [-0.15, -0.1) is 0 Å². The number of hydrogen-bond donors (Lipinski definition) is 1. The highest BCUT2D eigenvalue weighted by atomic mass is 32.2. The highest BCUT2D eigenvalue weighted by Crippen LogP contribution is 2.25. The average molecular weight is 500 g/mol. The zero-order valence-electron chi connectivity index (χ0n) is 18.3. The van der Waals surface area contributed by atoms with E-state index >= 15 is 0 Å². The first-order valence-corrected chi connectivity index (χ1v) is 13.6. The quantitative estimate of drug-likeness (QED) is 0.536. The molecule has 0 unspecified atom stereocenters. The zero-order chi connectivity index (χ0) is 24.2. The average Bonchev–Trinajstić information content (AvgIpc) is 2.88. The maximum atomic E-state index is 13.4. The van der Waals surface area contributed by atoms with Gasteiger partial charge in [0.2, 0.25) is 26.0 Å². The fraction of sp³-hybridized carbons (Fsp3) is 0.208. The van der Waals surface area contributed by atoms with Crippen LogP contribution in [0.15, 0.2) is 101 Å². The maximum Gasteiger partial charge on any atom is 0.243 e. The van der Waals surface area contributed by atoms with Gasteiger partial charge in [-0.3, -0.25) is 4.79 Å². The van der Waals surface area contributed by atoms with Gasteiger partial charge >= 0.3 is 0 Å². The van der Waals surface area contributed by atoms with E-state index in [4.69, 9.17) is 0 Å². The number of hydrogen-bond acceptors (Lipinski definition) is 5. The van der Waals surface area contributed by atoms with Crippen molar-refractivity contribution in [1.82, 2.24) is 13.9 Å². The number of benzene rings is 3. The van der Waals surface area contributed by atoms with Crippen LogP contribution in [0, 0.1) is 0 Å². The fourth-order valence-corrected chi connectivity index (χ4v) is 6.88. The number of nitrogens with zero attached hydrogens (tertiary/aromatic N) is 2. The van der Waals surface area contributed by atoms with Gasteiger partial charge in [-0.05, 0) is 29.8 Å². The molecular weight excluding hydrogens is 474 g/mol. The van der Waals surface area contributed by atoms with Crippen molar-refractivity contribution in [3.8, 4) is 0 Å². The van der Waals surface area contributed by atoms with Gasteiger partial charge in [0.1, 0.15) is 6.04 Å². The van der Waals surface area contributed by atoms with Crippen LogP contribution in [0.4, 0.5) is 0 Å². The van der Waals surface area contributed by atoms with E-state index in [0.717, 1.165) is 9.87 Å². The van der Waals surface area contributed by atoms with Gasteiger partial charge in [-0.25, -0.2) is 16.8 Å². The summed E-state index contributed by atoms with van der Waals surface area (Å²) in [4.78, 5) is 13.4. The van der Waals surface area contributed by atoms with E-state index in [9.17, 15) is 21.6 Å². The Morgan fingerprint density at radius 3 is 1.79 bits per heavy atom. The number of rotatable bonds is 7. The van der Waals surface area contributed by atoms with Gasteiger partial charge in [-0.1, -0.05) is 66.7 Å². The van der Waals surface area contributed by atoms with E-state index < -0.39 is 32.0 Å². The Kier molecular flexibility index (Phi) is 7.13. The molecule has 0 spiro atoms. The molecule has 0 aliphatic carbocycles. The SMILES string of the molecule is O=C(NCc1ccccc1)[C@@H]1CN(S(=O)(=O)c2ccccc2)CCN1S(=O)(=O)c1ccccc1. The zero-order valence-corrected chi connectivity index (χ0v) is 20.0. The Hall–Kier alpha value is -3.05. The molecule has 1 aliphatic rings. The van der Waals surface area contributed by atoms with Crippen LogP contribution in [0.25, 0.3) is 0 Å². The van der Waals surface area contributed by atoms with E-state index in [0.29, 0.717) is 0 Å². The van der Waals surface area contributed by atoms with Gasteiger partial charge < -0.3 is 5.32 Å². The first-order valence-electron chi connectivity index (χ1n) is 10.7. The van der Waals surface area contributed by atoms with E-state index in [1.54, 1.807) is 36.4 Å². The topological polar surface area (TPSA) is 104 Å². The Labute approximate surface area is 199 Å². The van der Waals surface area contributed by atoms with Crippen molar-refractivity contribution in [2.75, 3.05) is 19.6 Å². The molecule has 1 N–H and O–H groups in total. The molecule has 34 heavy (non-hydrogen) atoms. The van der Waals surface area contributed by atoms with E-state index in [1.807, 2.05) is 30.3 Å². The summed E-state index contributed by atoms with van der Waals surface area (Å²) in [5.74, 6) is -0.559. The van der Waals surface area contributed by atoms with Crippen LogP contribution < -0.4 is 5.32 Å². The molecule has 0 aromatic heterocycles. The number of carbonyl (C=O) groups excluding carboxylic acids is 1. The minimum absolute atomic E-state index is 0.0511. The van der Waals surface area contributed by atoms with Crippen molar-refractivity contribution < 1.29 is 21.6 Å². The number of nitrogens with one attached hydrogen (secondary N) is 1. The van der Waals surface area contributed by atoms with Crippen molar-refractivity contribution in [2.24, 2.45) is 0 Å². The van der Waals surface area contributed by atoms with Crippen LogP contribution in [0.2, 0.25) is 0 Å². The van der Waals surface area contributed by atoms with Crippen LogP contribution in [0.1, 0.15) is 5.56 Å². The molecule has 0 saturated carbocycles. The summed E-state index contributed by atoms with van der Waals surface area (Å²) in [5, 5.41) is 2.77. The fourth-order valence-electron chi connectivity index (χ4n) is 3.83. The molecule has 1 amide bonds. The molecule has 10 heteroatoms. The minimum atomic E-state index is -4.02. The molecule has 4 rings (SSSR count). The third-order valence-electron chi connectivity index (χ3n) is 5.64. The maximum absolute atomic E-state index is 13.4. The highest BCUT2D eigenvalue weighted by molar-refractivity contribution is 7.89. The summed E-state index contributed by atoms with van der Waals surface area (Å²) in [6.07, 6.45) is 0. The van der Waals surface area contributed by atoms with Crippen LogP contribution >= 0.6 is 0 Å². The number of carbonyl (C=O) groups is 1. The van der Waals surface area contributed by atoms with E-state index in [2.05, 4.69) is 5.32 Å². The summed E-state index contributed by atoms with van der Waals surface area (Å²) in [6.45, 7) is -0.302. The molecule has 8 nitrogen and oxygen atoms in total. The molecule has 1 aliphatic heterocycles. The van der Waals surface area contributed by atoms with E-state index in [1.165, 1.54) is 28.6 Å².